The molecule has 0 aliphatic heterocycles. The Morgan fingerprint density at radius 3 is 2.65 bits per heavy atom. The normalized spacial score (nSPS) is 11.3. The molecule has 23 heavy (non-hydrogen) atoms. The predicted molar refractivity (Wildman–Crippen MR) is 82.6 cm³/mol. The molecule has 2 aromatic rings. The molecule has 2 rings (SSSR count). The fourth-order valence-corrected chi connectivity index (χ4v) is 2.31. The number of alkyl halides is 2. The SMILES string of the molecule is CCOc1cc(CN(C)Cc2cn(C)cn2)ccc1OC(F)F. The lowest BCUT2D eigenvalue weighted by atomic mass is 10.2. The van der Waals surface area contributed by atoms with E-state index in [4.69, 9.17) is 4.74 Å². The number of rotatable bonds is 8. The average molecular weight is 325 g/mol. The van der Waals surface area contributed by atoms with Crippen LogP contribution in [0.15, 0.2) is 30.7 Å². The molecular formula is C16H21F2N3O2. The minimum Gasteiger partial charge on any atom is -0.490 e. The van der Waals surface area contributed by atoms with Crippen molar-refractivity contribution in [1.29, 1.82) is 0 Å². The van der Waals surface area contributed by atoms with Crippen molar-refractivity contribution in [3.05, 3.63) is 42.0 Å². The lowest BCUT2D eigenvalue weighted by molar-refractivity contribution is -0.0514. The molecule has 0 amide bonds. The van der Waals surface area contributed by atoms with Crippen molar-refractivity contribution in [2.24, 2.45) is 7.05 Å². The van der Waals surface area contributed by atoms with Gasteiger partial charge in [0.05, 0.1) is 18.6 Å². The predicted octanol–water partition coefficient (Wildman–Crippen LogP) is 3.05. The topological polar surface area (TPSA) is 39.5 Å². The largest absolute Gasteiger partial charge is 0.490 e. The average Bonchev–Trinajstić information content (AvgIpc) is 2.86. The fourth-order valence-electron chi connectivity index (χ4n) is 2.31. The van der Waals surface area contributed by atoms with Crippen LogP contribution in [0.3, 0.4) is 0 Å². The number of benzene rings is 1. The maximum Gasteiger partial charge on any atom is 0.387 e. The van der Waals surface area contributed by atoms with Crippen molar-refractivity contribution in [2.75, 3.05) is 13.7 Å². The van der Waals surface area contributed by atoms with E-state index in [0.29, 0.717) is 25.4 Å². The maximum atomic E-state index is 12.4. The molecule has 0 aliphatic carbocycles. The second kappa shape index (κ2) is 7.92. The van der Waals surface area contributed by atoms with E-state index in [1.807, 2.05) is 24.9 Å². The molecule has 0 fully saturated rings. The third-order valence-electron chi connectivity index (χ3n) is 3.17. The lowest BCUT2D eigenvalue weighted by Crippen LogP contribution is -2.17. The van der Waals surface area contributed by atoms with Crippen molar-refractivity contribution < 1.29 is 18.3 Å². The highest BCUT2D eigenvalue weighted by Gasteiger charge is 2.12. The Labute approximate surface area is 134 Å². The summed E-state index contributed by atoms with van der Waals surface area (Å²) in [5.74, 6) is 0.384. The zero-order valence-electron chi connectivity index (χ0n) is 13.5. The molecule has 1 heterocycles. The van der Waals surface area contributed by atoms with Crippen LogP contribution in [0.1, 0.15) is 18.2 Å². The molecule has 0 N–H and O–H groups in total. The minimum atomic E-state index is -2.87. The standard InChI is InChI=1S/C16H21F2N3O2/c1-4-22-15-7-12(5-6-14(15)23-16(17)18)8-20(2)9-13-10-21(3)11-19-13/h5-7,10-11,16H,4,8-9H2,1-3H3. The summed E-state index contributed by atoms with van der Waals surface area (Å²) in [4.78, 5) is 6.37. The van der Waals surface area contributed by atoms with Crippen molar-refractivity contribution in [2.45, 2.75) is 26.6 Å². The van der Waals surface area contributed by atoms with Crippen LogP contribution in [0.5, 0.6) is 11.5 Å². The molecule has 126 valence electrons. The highest BCUT2D eigenvalue weighted by atomic mass is 19.3. The van der Waals surface area contributed by atoms with Gasteiger partial charge in [-0.15, -0.1) is 0 Å². The third-order valence-corrected chi connectivity index (χ3v) is 3.17. The number of hydrogen-bond acceptors (Lipinski definition) is 4. The van der Waals surface area contributed by atoms with E-state index in [1.165, 1.54) is 6.07 Å². The maximum absolute atomic E-state index is 12.4. The van der Waals surface area contributed by atoms with Crippen LogP contribution in [0.25, 0.3) is 0 Å². The van der Waals surface area contributed by atoms with Gasteiger partial charge >= 0.3 is 6.61 Å². The second-order valence-corrected chi connectivity index (χ2v) is 5.30. The highest BCUT2D eigenvalue weighted by molar-refractivity contribution is 5.43. The van der Waals surface area contributed by atoms with E-state index in [9.17, 15) is 8.78 Å². The molecule has 0 spiro atoms. The second-order valence-electron chi connectivity index (χ2n) is 5.30. The molecule has 5 nitrogen and oxygen atoms in total. The molecule has 0 saturated carbocycles. The number of aryl methyl sites for hydroxylation is 1. The van der Waals surface area contributed by atoms with Crippen molar-refractivity contribution >= 4 is 0 Å². The van der Waals surface area contributed by atoms with Gasteiger partial charge in [0.2, 0.25) is 0 Å². The summed E-state index contributed by atoms with van der Waals surface area (Å²) in [5.41, 5.74) is 1.92. The Bertz CT molecular complexity index is 632. The number of ether oxygens (including phenoxy) is 2. The first-order valence-electron chi connectivity index (χ1n) is 7.34. The van der Waals surface area contributed by atoms with Crippen LogP contribution < -0.4 is 9.47 Å². The van der Waals surface area contributed by atoms with E-state index in [0.717, 1.165) is 11.3 Å². The van der Waals surface area contributed by atoms with Gasteiger partial charge in [-0.2, -0.15) is 8.78 Å². The fraction of sp³-hybridized carbons (Fsp3) is 0.438. The highest BCUT2D eigenvalue weighted by Crippen LogP contribution is 2.30. The van der Waals surface area contributed by atoms with E-state index >= 15 is 0 Å². The van der Waals surface area contributed by atoms with Gasteiger partial charge in [-0.3, -0.25) is 4.90 Å². The van der Waals surface area contributed by atoms with E-state index in [1.54, 1.807) is 25.4 Å². The summed E-state index contributed by atoms with van der Waals surface area (Å²) < 4.78 is 36.6. The first-order chi connectivity index (χ1) is 11.0. The summed E-state index contributed by atoms with van der Waals surface area (Å²) in [6.07, 6.45) is 3.72. The van der Waals surface area contributed by atoms with Gasteiger partial charge < -0.3 is 14.0 Å². The molecule has 0 atom stereocenters. The Hall–Kier alpha value is -2.15. The summed E-state index contributed by atoms with van der Waals surface area (Å²) in [6, 6.07) is 5.01. The summed E-state index contributed by atoms with van der Waals surface area (Å²) in [5, 5.41) is 0. The Kier molecular flexibility index (Phi) is 5.92. The summed E-state index contributed by atoms with van der Waals surface area (Å²) in [7, 11) is 3.89. The number of imidazole rings is 1. The van der Waals surface area contributed by atoms with Gasteiger partial charge in [0.25, 0.3) is 0 Å². The van der Waals surface area contributed by atoms with Crippen molar-refractivity contribution in [3.8, 4) is 11.5 Å². The Morgan fingerprint density at radius 1 is 1.26 bits per heavy atom. The molecule has 1 aromatic heterocycles. The minimum absolute atomic E-state index is 0.0537. The first-order valence-corrected chi connectivity index (χ1v) is 7.34. The Balaban J connectivity index is 2.05. The molecule has 7 heteroatoms. The van der Waals surface area contributed by atoms with Gasteiger partial charge in [0, 0.05) is 26.3 Å². The number of halogens is 2. The molecule has 0 saturated heterocycles. The smallest absolute Gasteiger partial charge is 0.387 e. The van der Waals surface area contributed by atoms with Gasteiger partial charge in [0.15, 0.2) is 11.5 Å². The third kappa shape index (κ3) is 5.21. The van der Waals surface area contributed by atoms with Gasteiger partial charge in [-0.25, -0.2) is 4.98 Å². The summed E-state index contributed by atoms with van der Waals surface area (Å²) >= 11 is 0. The number of aromatic nitrogens is 2. The van der Waals surface area contributed by atoms with Crippen molar-refractivity contribution in [3.63, 3.8) is 0 Å². The molecule has 0 aliphatic rings. The lowest BCUT2D eigenvalue weighted by Gasteiger charge is -2.17. The van der Waals surface area contributed by atoms with Crippen LogP contribution in [0.4, 0.5) is 8.78 Å². The molecule has 1 aromatic carbocycles. The Morgan fingerprint density at radius 2 is 2.04 bits per heavy atom. The van der Waals surface area contributed by atoms with Crippen LogP contribution >= 0.6 is 0 Å². The van der Waals surface area contributed by atoms with Crippen LogP contribution in [0.2, 0.25) is 0 Å². The van der Waals surface area contributed by atoms with Crippen LogP contribution in [0, 0.1) is 0 Å². The number of hydrogen-bond donors (Lipinski definition) is 0. The number of nitrogens with zero attached hydrogens (tertiary/aromatic N) is 3. The van der Waals surface area contributed by atoms with Crippen LogP contribution in [-0.2, 0) is 20.1 Å². The molecule has 0 unspecified atom stereocenters. The zero-order valence-corrected chi connectivity index (χ0v) is 13.5. The van der Waals surface area contributed by atoms with Gasteiger partial charge in [-0.1, -0.05) is 6.07 Å². The van der Waals surface area contributed by atoms with Crippen molar-refractivity contribution in [1.82, 2.24) is 14.5 Å². The van der Waals surface area contributed by atoms with Crippen LogP contribution in [-0.4, -0.2) is 34.7 Å². The molecule has 0 radical (unpaired) electrons. The first kappa shape index (κ1) is 17.2. The zero-order chi connectivity index (χ0) is 16.8. The molecule has 0 bridgehead atoms. The van der Waals surface area contributed by atoms with Gasteiger partial charge in [-0.05, 0) is 31.7 Å². The monoisotopic (exact) mass is 325 g/mol. The quantitative estimate of drug-likeness (QED) is 0.748. The van der Waals surface area contributed by atoms with E-state index < -0.39 is 6.61 Å². The van der Waals surface area contributed by atoms with E-state index in [-0.39, 0.29) is 5.75 Å². The van der Waals surface area contributed by atoms with Gasteiger partial charge in [0.1, 0.15) is 0 Å². The summed E-state index contributed by atoms with van der Waals surface area (Å²) in [6.45, 7) is 0.650. The van der Waals surface area contributed by atoms with E-state index in [2.05, 4.69) is 14.6 Å². The molecular weight excluding hydrogens is 304 g/mol.